The van der Waals surface area contributed by atoms with Crippen molar-refractivity contribution in [2.75, 3.05) is 18.6 Å². The molecule has 0 bridgehead atoms. The molecule has 15 heteroatoms. The number of aromatic nitrogens is 2. The van der Waals surface area contributed by atoms with Crippen LogP contribution in [0, 0.1) is 11.8 Å². The van der Waals surface area contributed by atoms with Crippen LogP contribution in [0.3, 0.4) is 0 Å². The van der Waals surface area contributed by atoms with Crippen LogP contribution in [0.1, 0.15) is 99.8 Å². The van der Waals surface area contributed by atoms with E-state index in [9.17, 15) is 35.9 Å². The van der Waals surface area contributed by atoms with Crippen LogP contribution in [0.4, 0.5) is 32.3 Å². The van der Waals surface area contributed by atoms with E-state index in [1.807, 2.05) is 18.7 Å². The maximum absolute atomic E-state index is 14.1. The summed E-state index contributed by atoms with van der Waals surface area (Å²) < 4.78 is 87.8. The van der Waals surface area contributed by atoms with Crippen LogP contribution in [-0.4, -0.2) is 64.7 Å². The molecule has 0 radical (unpaired) electrons. The van der Waals surface area contributed by atoms with Gasteiger partial charge >= 0.3 is 18.3 Å². The second kappa shape index (κ2) is 15.5. The number of hydrogen-bond donors (Lipinski definition) is 1. The Morgan fingerprint density at radius 2 is 1.50 bits per heavy atom. The maximum atomic E-state index is 14.1. The van der Waals surface area contributed by atoms with Crippen LogP contribution >= 0.6 is 0 Å². The number of benzene rings is 1. The van der Waals surface area contributed by atoms with Gasteiger partial charge in [0, 0.05) is 68.1 Å². The molecule has 9 nitrogen and oxygen atoms in total. The number of piperidine rings is 1. The summed E-state index contributed by atoms with van der Waals surface area (Å²) >= 11 is 0. The fourth-order valence-corrected chi connectivity index (χ4v) is 7.63. The standard InChI is InChI=1S/C35H44F6N6O3/c1-4-28-14-30(15-29(5-2)47(28)32(49)23-8-6-21(7-9-23)12-31(48)50-3)46(33-42-16-24(17-43-33)25-18-44-45-19-25)20-22-10-26(34(36,37)38)13-27(11-22)35(39,40)41/h10-11,13,16-18,21,23,25,28-30,45H,4-9,12,14-15,19-20H2,1-3H3/t21?,23?,25?,28-,29+,30?. The van der Waals surface area contributed by atoms with Crippen molar-refractivity contribution in [3.63, 3.8) is 0 Å². The first kappa shape index (κ1) is 37.3. The first-order chi connectivity index (χ1) is 23.7. The average Bonchev–Trinajstić information content (AvgIpc) is 3.64. The van der Waals surface area contributed by atoms with E-state index in [4.69, 9.17) is 4.74 Å². The van der Waals surface area contributed by atoms with Gasteiger partial charge in [0.1, 0.15) is 0 Å². The Hall–Kier alpha value is -3.91. The van der Waals surface area contributed by atoms with E-state index in [0.717, 1.165) is 30.5 Å². The van der Waals surface area contributed by atoms with Crippen molar-refractivity contribution in [2.45, 2.75) is 115 Å². The van der Waals surface area contributed by atoms with Crippen molar-refractivity contribution in [2.24, 2.45) is 16.9 Å². The number of alkyl halides is 6. The van der Waals surface area contributed by atoms with Gasteiger partial charge in [0.05, 0.1) is 18.2 Å². The number of methoxy groups -OCH3 is 1. The zero-order valence-corrected chi connectivity index (χ0v) is 28.4. The highest BCUT2D eigenvalue weighted by Gasteiger charge is 2.43. The molecule has 4 atom stereocenters. The van der Waals surface area contributed by atoms with E-state index in [-0.39, 0.29) is 71.9 Å². The first-order valence-corrected chi connectivity index (χ1v) is 17.2. The van der Waals surface area contributed by atoms with E-state index >= 15 is 0 Å². The number of nitrogens with zero attached hydrogens (tertiary/aromatic N) is 5. The smallest absolute Gasteiger partial charge is 0.416 e. The number of anilines is 1. The topological polar surface area (TPSA) is 100 Å². The molecule has 5 rings (SSSR count). The van der Waals surface area contributed by atoms with Crippen LogP contribution in [0.15, 0.2) is 35.7 Å². The summed E-state index contributed by atoms with van der Waals surface area (Å²) in [6.07, 6.45) is 0.207. The van der Waals surface area contributed by atoms with Gasteiger partial charge in [-0.25, -0.2) is 9.97 Å². The molecule has 1 saturated heterocycles. The summed E-state index contributed by atoms with van der Waals surface area (Å²) in [7, 11) is 1.36. The molecule has 2 aromatic rings. The maximum Gasteiger partial charge on any atom is 0.416 e. The molecule has 0 spiro atoms. The second-order valence-electron chi connectivity index (χ2n) is 13.6. The number of halogens is 6. The lowest BCUT2D eigenvalue weighted by molar-refractivity contribution is -0.146. The second-order valence-corrected chi connectivity index (χ2v) is 13.6. The summed E-state index contributed by atoms with van der Waals surface area (Å²) in [5.74, 6) is -0.103. The number of amides is 1. The number of nitrogens with one attached hydrogen (secondary N) is 1. The number of hydrogen-bond acceptors (Lipinski definition) is 8. The van der Waals surface area contributed by atoms with Crippen molar-refractivity contribution in [1.82, 2.24) is 20.3 Å². The zero-order valence-electron chi connectivity index (χ0n) is 28.4. The fourth-order valence-electron chi connectivity index (χ4n) is 7.63. The molecule has 1 aliphatic carbocycles. The Labute approximate surface area is 287 Å². The molecule has 50 heavy (non-hydrogen) atoms. The summed E-state index contributed by atoms with van der Waals surface area (Å²) in [6, 6.07) is 0.822. The Morgan fingerprint density at radius 3 is 1.98 bits per heavy atom. The highest BCUT2D eigenvalue weighted by Crippen LogP contribution is 2.40. The van der Waals surface area contributed by atoms with E-state index in [0.29, 0.717) is 51.5 Å². The molecule has 2 fully saturated rings. The normalized spacial score (nSPS) is 25.7. The van der Waals surface area contributed by atoms with Gasteiger partial charge < -0.3 is 20.0 Å². The molecule has 1 amide bonds. The lowest BCUT2D eigenvalue weighted by atomic mass is 9.78. The predicted molar refractivity (Wildman–Crippen MR) is 174 cm³/mol. The van der Waals surface area contributed by atoms with Crippen molar-refractivity contribution < 1.29 is 40.7 Å². The Balaban J connectivity index is 1.44. The minimum absolute atomic E-state index is 0.0605. The number of hydrazone groups is 1. The van der Waals surface area contributed by atoms with Crippen LogP contribution in [-0.2, 0) is 33.2 Å². The minimum Gasteiger partial charge on any atom is -0.469 e. The third-order valence-electron chi connectivity index (χ3n) is 10.4. The largest absolute Gasteiger partial charge is 0.469 e. The van der Waals surface area contributed by atoms with Gasteiger partial charge in [-0.3, -0.25) is 9.59 Å². The van der Waals surface area contributed by atoms with Gasteiger partial charge in [0.25, 0.3) is 0 Å². The van der Waals surface area contributed by atoms with Crippen molar-refractivity contribution >= 4 is 24.0 Å². The number of ether oxygens (including phenoxy) is 1. The van der Waals surface area contributed by atoms with Gasteiger partial charge in [-0.2, -0.15) is 31.4 Å². The van der Waals surface area contributed by atoms with Crippen molar-refractivity contribution in [1.29, 1.82) is 0 Å². The van der Waals surface area contributed by atoms with Gasteiger partial charge in [-0.15, -0.1) is 0 Å². The monoisotopic (exact) mass is 710 g/mol. The van der Waals surface area contributed by atoms with Gasteiger partial charge in [0.15, 0.2) is 0 Å². The number of rotatable bonds is 10. The van der Waals surface area contributed by atoms with Gasteiger partial charge in [-0.05, 0) is 86.6 Å². The summed E-state index contributed by atoms with van der Waals surface area (Å²) in [5, 5.41) is 4.02. The number of likely N-dealkylation sites (tertiary alicyclic amines) is 1. The number of esters is 1. The van der Waals surface area contributed by atoms with Crippen LogP contribution < -0.4 is 10.3 Å². The first-order valence-electron chi connectivity index (χ1n) is 17.2. The van der Waals surface area contributed by atoms with Crippen LogP contribution in [0.5, 0.6) is 0 Å². The highest BCUT2D eigenvalue weighted by molar-refractivity contribution is 5.80. The van der Waals surface area contributed by atoms with Gasteiger partial charge in [0.2, 0.25) is 11.9 Å². The van der Waals surface area contributed by atoms with E-state index in [1.54, 1.807) is 23.5 Å². The quantitative estimate of drug-likeness (QED) is 0.207. The fraction of sp³-hybridized carbons (Fsp3) is 0.629. The molecule has 3 heterocycles. The molecular weight excluding hydrogens is 666 g/mol. The lowest BCUT2D eigenvalue weighted by Crippen LogP contribution is -2.58. The summed E-state index contributed by atoms with van der Waals surface area (Å²) in [4.78, 5) is 38.7. The molecule has 1 saturated carbocycles. The molecule has 1 aromatic carbocycles. The molecular formula is C35H44F6N6O3. The highest BCUT2D eigenvalue weighted by atomic mass is 19.4. The SMILES string of the molecule is CC[C@@H]1CC(N(Cc2cc(C(F)(F)F)cc(C(F)(F)F)c2)c2ncc(C3C=NNC3)cn2)C[C@H](CC)N1C(=O)C1CCC(CC(=O)OC)CC1. The third kappa shape index (κ3) is 8.68. The average molecular weight is 711 g/mol. The van der Waals surface area contributed by atoms with Crippen LogP contribution in [0.25, 0.3) is 0 Å². The molecule has 1 N–H and O–H groups in total. The Bertz CT molecular complexity index is 1460. The molecule has 2 aliphatic heterocycles. The molecule has 274 valence electrons. The van der Waals surface area contributed by atoms with Crippen LogP contribution in [0.2, 0.25) is 0 Å². The van der Waals surface area contributed by atoms with Gasteiger partial charge in [-0.1, -0.05) is 13.8 Å². The summed E-state index contributed by atoms with van der Waals surface area (Å²) in [5.41, 5.74) is 0.695. The number of carbonyl (C=O) groups excluding carboxylic acids is 2. The Kier molecular flexibility index (Phi) is 11.6. The van der Waals surface area contributed by atoms with Crippen molar-refractivity contribution in [3.8, 4) is 0 Å². The van der Waals surface area contributed by atoms with Crippen molar-refractivity contribution in [3.05, 3.63) is 52.8 Å². The lowest BCUT2D eigenvalue weighted by Gasteiger charge is -2.49. The van der Waals surface area contributed by atoms with E-state index in [2.05, 4.69) is 20.5 Å². The third-order valence-corrected chi connectivity index (χ3v) is 10.4. The number of carbonyl (C=O) groups is 2. The molecule has 2 unspecified atom stereocenters. The van der Waals surface area contributed by atoms with E-state index < -0.39 is 23.5 Å². The molecule has 3 aliphatic rings. The minimum atomic E-state index is -4.99. The molecule has 1 aromatic heterocycles. The predicted octanol–water partition coefficient (Wildman–Crippen LogP) is 7.11. The summed E-state index contributed by atoms with van der Waals surface area (Å²) in [6.45, 7) is 4.20. The Morgan fingerprint density at radius 1 is 0.920 bits per heavy atom. The van der Waals surface area contributed by atoms with E-state index in [1.165, 1.54) is 7.11 Å². The zero-order chi connectivity index (χ0) is 36.2.